The number of aryl methyl sites for hydroxylation is 1. The Morgan fingerprint density at radius 2 is 2.17 bits per heavy atom. The molecule has 0 unspecified atom stereocenters. The second-order valence-electron chi connectivity index (χ2n) is 5.15. The predicted molar refractivity (Wildman–Crippen MR) is 85.9 cm³/mol. The quantitative estimate of drug-likeness (QED) is 0.586. The first kappa shape index (κ1) is 17.5. The Bertz CT molecular complexity index is 782. The van der Waals surface area contributed by atoms with E-state index in [0.29, 0.717) is 16.7 Å². The van der Waals surface area contributed by atoms with Crippen LogP contribution in [0.25, 0.3) is 11.2 Å². The SMILES string of the molecule is C=C[C@@H](OCP(=O)(O)O)C(=C)[C@@H](C)n1cnc2c(C)ncnc21. The Labute approximate surface area is 133 Å². The van der Waals surface area contributed by atoms with E-state index in [1.54, 1.807) is 6.33 Å². The number of nitrogens with zero attached hydrogens (tertiary/aromatic N) is 4. The minimum Gasteiger partial charge on any atom is -0.357 e. The molecule has 2 aromatic rings. The maximum Gasteiger partial charge on any atom is 0.351 e. The van der Waals surface area contributed by atoms with Gasteiger partial charge in [0.1, 0.15) is 18.2 Å². The van der Waals surface area contributed by atoms with Gasteiger partial charge in [-0.2, -0.15) is 0 Å². The molecule has 0 aliphatic carbocycles. The summed E-state index contributed by atoms with van der Waals surface area (Å²) in [5.41, 5.74) is 2.70. The lowest BCUT2D eigenvalue weighted by molar-refractivity contribution is 0.126. The van der Waals surface area contributed by atoms with E-state index >= 15 is 0 Å². The van der Waals surface area contributed by atoms with E-state index in [-0.39, 0.29) is 6.04 Å². The minimum absolute atomic E-state index is 0.255. The predicted octanol–water partition coefficient (Wildman–Crippen LogP) is 1.96. The molecule has 8 nitrogen and oxygen atoms in total. The molecule has 23 heavy (non-hydrogen) atoms. The normalized spacial score (nSPS) is 14.6. The fraction of sp³-hybridized carbons (Fsp3) is 0.357. The van der Waals surface area contributed by atoms with Crippen molar-refractivity contribution in [1.82, 2.24) is 19.5 Å². The molecule has 0 aliphatic rings. The van der Waals surface area contributed by atoms with E-state index in [0.717, 1.165) is 5.69 Å². The first-order chi connectivity index (χ1) is 10.7. The third-order valence-corrected chi connectivity index (χ3v) is 3.98. The lowest BCUT2D eigenvalue weighted by Gasteiger charge is -2.23. The molecule has 2 rings (SSSR count). The first-order valence-corrected chi connectivity index (χ1v) is 8.66. The van der Waals surface area contributed by atoms with Gasteiger partial charge in [0.25, 0.3) is 0 Å². The van der Waals surface area contributed by atoms with Gasteiger partial charge < -0.3 is 19.1 Å². The number of hydrogen-bond acceptors (Lipinski definition) is 5. The van der Waals surface area contributed by atoms with Crippen LogP contribution in [0.3, 0.4) is 0 Å². The zero-order valence-corrected chi connectivity index (χ0v) is 13.8. The summed E-state index contributed by atoms with van der Waals surface area (Å²) in [6, 6.07) is -0.255. The highest BCUT2D eigenvalue weighted by Gasteiger charge is 2.23. The maximum atomic E-state index is 11.0. The van der Waals surface area contributed by atoms with Crippen LogP contribution in [0.2, 0.25) is 0 Å². The molecule has 0 radical (unpaired) electrons. The van der Waals surface area contributed by atoms with Gasteiger partial charge in [-0.05, 0) is 19.4 Å². The zero-order chi connectivity index (χ0) is 17.2. The third kappa shape index (κ3) is 3.92. The summed E-state index contributed by atoms with van der Waals surface area (Å²) in [4.78, 5) is 30.5. The Morgan fingerprint density at radius 3 is 2.78 bits per heavy atom. The summed E-state index contributed by atoms with van der Waals surface area (Å²) in [6.45, 7) is 11.3. The average molecular weight is 338 g/mol. The van der Waals surface area contributed by atoms with Crippen LogP contribution in [0, 0.1) is 6.92 Å². The number of imidazole rings is 1. The third-order valence-electron chi connectivity index (χ3n) is 3.50. The summed E-state index contributed by atoms with van der Waals surface area (Å²) in [5.74, 6) is 0. The highest BCUT2D eigenvalue weighted by molar-refractivity contribution is 7.51. The molecule has 0 spiro atoms. The Hall–Kier alpha value is -1.86. The smallest absolute Gasteiger partial charge is 0.351 e. The van der Waals surface area contributed by atoms with Gasteiger partial charge in [0, 0.05) is 0 Å². The molecule has 0 bridgehead atoms. The van der Waals surface area contributed by atoms with Gasteiger partial charge in [-0.3, -0.25) is 4.57 Å². The summed E-state index contributed by atoms with van der Waals surface area (Å²) in [6.07, 6.45) is 3.15. The number of aromatic nitrogens is 4. The maximum absolute atomic E-state index is 11.0. The van der Waals surface area contributed by atoms with Gasteiger partial charge >= 0.3 is 7.60 Å². The lowest BCUT2D eigenvalue weighted by atomic mass is 10.0. The molecule has 2 aromatic heterocycles. The summed E-state index contributed by atoms with van der Waals surface area (Å²) in [7, 11) is -4.26. The second-order valence-corrected chi connectivity index (χ2v) is 6.74. The molecule has 0 aliphatic heterocycles. The van der Waals surface area contributed by atoms with Crippen LogP contribution < -0.4 is 0 Å². The number of ether oxygens (including phenoxy) is 1. The summed E-state index contributed by atoms with van der Waals surface area (Å²) >= 11 is 0. The first-order valence-electron chi connectivity index (χ1n) is 6.86. The molecule has 2 heterocycles. The Balaban J connectivity index is 2.25. The van der Waals surface area contributed by atoms with E-state index in [1.165, 1.54) is 12.4 Å². The van der Waals surface area contributed by atoms with Gasteiger partial charge in [-0.25, -0.2) is 15.0 Å². The van der Waals surface area contributed by atoms with Crippen molar-refractivity contribution in [1.29, 1.82) is 0 Å². The Morgan fingerprint density at radius 1 is 1.48 bits per heavy atom. The number of rotatable bonds is 7. The summed E-state index contributed by atoms with van der Waals surface area (Å²) in [5, 5.41) is 0. The number of fused-ring (bicyclic) bond motifs is 1. The fourth-order valence-electron chi connectivity index (χ4n) is 2.17. The largest absolute Gasteiger partial charge is 0.357 e. The van der Waals surface area contributed by atoms with Crippen LogP contribution in [0.1, 0.15) is 18.7 Å². The highest BCUT2D eigenvalue weighted by atomic mass is 31.2. The molecule has 0 aromatic carbocycles. The highest BCUT2D eigenvalue weighted by Crippen LogP contribution is 2.36. The molecule has 2 N–H and O–H groups in total. The fourth-order valence-corrected chi connectivity index (χ4v) is 2.53. The molecule has 0 amide bonds. The van der Waals surface area contributed by atoms with Crippen molar-refractivity contribution in [2.75, 3.05) is 6.35 Å². The van der Waals surface area contributed by atoms with E-state index in [1.807, 2.05) is 18.4 Å². The Kier molecular flexibility index (Phi) is 5.11. The van der Waals surface area contributed by atoms with Crippen LogP contribution in [0.4, 0.5) is 0 Å². The van der Waals surface area contributed by atoms with Crippen molar-refractivity contribution in [3.63, 3.8) is 0 Å². The van der Waals surface area contributed by atoms with E-state index in [2.05, 4.69) is 28.1 Å². The molecular formula is C14H19N4O4P. The standard InChI is InChI=1S/C14H19N4O4P/c1-5-12(22-8-23(19,20)21)9(2)11(4)18-7-17-13-10(3)15-6-16-14(13)18/h5-7,11-12H,1-2,8H2,3-4H3,(H2,19,20,21)/t11-,12-/m1/s1. The molecular weight excluding hydrogens is 319 g/mol. The van der Waals surface area contributed by atoms with Crippen LogP contribution in [-0.2, 0) is 9.30 Å². The van der Waals surface area contributed by atoms with E-state index in [4.69, 9.17) is 14.5 Å². The average Bonchev–Trinajstić information content (AvgIpc) is 2.91. The van der Waals surface area contributed by atoms with Crippen molar-refractivity contribution < 1.29 is 19.1 Å². The van der Waals surface area contributed by atoms with Crippen LogP contribution >= 0.6 is 7.60 Å². The van der Waals surface area contributed by atoms with Crippen molar-refractivity contribution in [3.8, 4) is 0 Å². The van der Waals surface area contributed by atoms with Crippen molar-refractivity contribution in [2.45, 2.75) is 26.0 Å². The lowest BCUT2D eigenvalue weighted by Crippen LogP contribution is -2.20. The van der Waals surface area contributed by atoms with Gasteiger partial charge in [0.05, 0.1) is 24.2 Å². The molecule has 9 heteroatoms. The molecule has 2 atom stereocenters. The van der Waals surface area contributed by atoms with E-state index in [9.17, 15) is 4.57 Å². The van der Waals surface area contributed by atoms with Crippen LogP contribution in [0.5, 0.6) is 0 Å². The zero-order valence-electron chi connectivity index (χ0n) is 13.0. The molecule has 124 valence electrons. The van der Waals surface area contributed by atoms with Crippen molar-refractivity contribution >= 4 is 18.8 Å². The second kappa shape index (κ2) is 6.72. The molecule has 0 saturated heterocycles. The van der Waals surface area contributed by atoms with Gasteiger partial charge in [0.15, 0.2) is 5.65 Å². The summed E-state index contributed by atoms with van der Waals surface area (Å²) < 4.78 is 18.0. The topological polar surface area (TPSA) is 110 Å². The van der Waals surface area contributed by atoms with Crippen LogP contribution in [-0.4, -0.2) is 41.8 Å². The monoisotopic (exact) mass is 338 g/mol. The minimum atomic E-state index is -4.26. The molecule has 0 fully saturated rings. The molecule has 0 saturated carbocycles. The van der Waals surface area contributed by atoms with Gasteiger partial charge in [-0.15, -0.1) is 6.58 Å². The van der Waals surface area contributed by atoms with Gasteiger partial charge in [-0.1, -0.05) is 12.7 Å². The van der Waals surface area contributed by atoms with Gasteiger partial charge in [0.2, 0.25) is 0 Å². The van der Waals surface area contributed by atoms with Crippen molar-refractivity contribution in [3.05, 3.63) is 43.2 Å². The van der Waals surface area contributed by atoms with E-state index < -0.39 is 20.0 Å². The van der Waals surface area contributed by atoms with Crippen molar-refractivity contribution in [2.24, 2.45) is 0 Å². The number of hydrogen-bond donors (Lipinski definition) is 2. The van der Waals surface area contributed by atoms with Crippen LogP contribution in [0.15, 0.2) is 37.5 Å².